The molecule has 3 heteroatoms. The van der Waals surface area contributed by atoms with E-state index in [0.717, 1.165) is 17.1 Å². The molecule has 0 heterocycles. The van der Waals surface area contributed by atoms with Crippen LogP contribution in [0.25, 0.3) is 0 Å². The predicted molar refractivity (Wildman–Crippen MR) is 83.5 cm³/mol. The zero-order valence-electron chi connectivity index (χ0n) is 12.6. The van der Waals surface area contributed by atoms with E-state index in [-0.39, 0.29) is 12.2 Å². The van der Waals surface area contributed by atoms with Gasteiger partial charge in [-0.05, 0) is 50.1 Å². The van der Waals surface area contributed by atoms with Crippen LogP contribution in [0.1, 0.15) is 25.8 Å². The normalized spacial score (nSPS) is 11.4. The maximum absolute atomic E-state index is 9.01. The van der Waals surface area contributed by atoms with Crippen molar-refractivity contribution in [2.24, 2.45) is 0 Å². The van der Waals surface area contributed by atoms with Gasteiger partial charge in [-0.1, -0.05) is 30.3 Å². The highest BCUT2D eigenvalue weighted by Crippen LogP contribution is 2.23. The van der Waals surface area contributed by atoms with Crippen LogP contribution in [-0.2, 0) is 11.3 Å². The van der Waals surface area contributed by atoms with Crippen LogP contribution in [-0.4, -0.2) is 17.3 Å². The average molecular weight is 286 g/mol. The molecular formula is C18H22O3. The summed E-state index contributed by atoms with van der Waals surface area (Å²) in [4.78, 5) is 0. The van der Waals surface area contributed by atoms with Crippen molar-refractivity contribution >= 4 is 0 Å². The summed E-state index contributed by atoms with van der Waals surface area (Å²) in [6.45, 7) is 4.59. The summed E-state index contributed by atoms with van der Waals surface area (Å²) in [5.41, 5.74) is 0.722. The van der Waals surface area contributed by atoms with Crippen LogP contribution in [0.5, 0.6) is 11.5 Å². The summed E-state index contributed by atoms with van der Waals surface area (Å²) >= 11 is 0. The lowest BCUT2D eigenvalue weighted by Gasteiger charge is -2.24. The van der Waals surface area contributed by atoms with Crippen molar-refractivity contribution in [1.29, 1.82) is 0 Å². The maximum atomic E-state index is 9.01. The van der Waals surface area contributed by atoms with Crippen LogP contribution >= 0.6 is 0 Å². The molecular weight excluding hydrogens is 264 g/mol. The van der Waals surface area contributed by atoms with Crippen LogP contribution in [0, 0.1) is 0 Å². The van der Waals surface area contributed by atoms with Gasteiger partial charge in [0, 0.05) is 6.61 Å². The summed E-state index contributed by atoms with van der Waals surface area (Å²) in [7, 11) is 0. The molecule has 0 aromatic heterocycles. The summed E-state index contributed by atoms with van der Waals surface area (Å²) in [5.74, 6) is 1.61. The Kier molecular flexibility index (Phi) is 5.37. The molecule has 21 heavy (non-hydrogen) atoms. The van der Waals surface area contributed by atoms with Crippen LogP contribution in [0.4, 0.5) is 0 Å². The standard InChI is InChI=1S/C18H22O3/c1-18(2,11-12-19)20-14-15-7-6-10-17(13-15)21-16-8-4-3-5-9-16/h3-10,13,19H,11-12,14H2,1-2H3. The molecule has 112 valence electrons. The van der Waals surface area contributed by atoms with Gasteiger partial charge in [0.1, 0.15) is 11.5 Å². The third-order valence-corrected chi connectivity index (χ3v) is 3.22. The van der Waals surface area contributed by atoms with E-state index in [0.29, 0.717) is 13.0 Å². The molecule has 0 saturated heterocycles. The van der Waals surface area contributed by atoms with E-state index in [4.69, 9.17) is 14.6 Å². The van der Waals surface area contributed by atoms with Crippen LogP contribution in [0.15, 0.2) is 54.6 Å². The van der Waals surface area contributed by atoms with Gasteiger partial charge in [0.05, 0.1) is 12.2 Å². The number of aliphatic hydroxyl groups is 1. The first-order valence-corrected chi connectivity index (χ1v) is 7.16. The Morgan fingerprint density at radius 2 is 1.67 bits per heavy atom. The lowest BCUT2D eigenvalue weighted by atomic mass is 10.1. The molecule has 2 aromatic carbocycles. The van der Waals surface area contributed by atoms with Gasteiger partial charge >= 0.3 is 0 Å². The van der Waals surface area contributed by atoms with Crippen molar-refractivity contribution in [2.45, 2.75) is 32.5 Å². The van der Waals surface area contributed by atoms with Crippen molar-refractivity contribution in [2.75, 3.05) is 6.61 Å². The molecule has 0 aliphatic rings. The molecule has 0 fully saturated rings. The van der Waals surface area contributed by atoms with E-state index in [1.54, 1.807) is 0 Å². The minimum Gasteiger partial charge on any atom is -0.457 e. The molecule has 1 N–H and O–H groups in total. The van der Waals surface area contributed by atoms with Gasteiger partial charge in [0.25, 0.3) is 0 Å². The summed E-state index contributed by atoms with van der Waals surface area (Å²) in [6, 6.07) is 17.6. The van der Waals surface area contributed by atoms with Crippen molar-refractivity contribution in [3.8, 4) is 11.5 Å². The lowest BCUT2D eigenvalue weighted by Crippen LogP contribution is -2.25. The molecule has 0 aliphatic carbocycles. The molecule has 2 aromatic rings. The van der Waals surface area contributed by atoms with Gasteiger partial charge in [0.15, 0.2) is 0 Å². The molecule has 2 rings (SSSR count). The monoisotopic (exact) mass is 286 g/mol. The van der Waals surface area contributed by atoms with Gasteiger partial charge in [-0.25, -0.2) is 0 Å². The molecule has 0 spiro atoms. The zero-order chi connectivity index (χ0) is 15.1. The first-order valence-electron chi connectivity index (χ1n) is 7.16. The molecule has 3 nitrogen and oxygen atoms in total. The van der Waals surface area contributed by atoms with E-state index < -0.39 is 0 Å². The van der Waals surface area contributed by atoms with Crippen LogP contribution < -0.4 is 4.74 Å². The molecule has 0 bridgehead atoms. The number of hydrogen-bond donors (Lipinski definition) is 1. The van der Waals surface area contributed by atoms with E-state index in [1.807, 2.05) is 68.4 Å². The number of hydrogen-bond acceptors (Lipinski definition) is 3. The van der Waals surface area contributed by atoms with Crippen LogP contribution in [0.2, 0.25) is 0 Å². The fourth-order valence-electron chi connectivity index (χ4n) is 1.94. The summed E-state index contributed by atoms with van der Waals surface area (Å²) < 4.78 is 11.6. The van der Waals surface area contributed by atoms with Crippen molar-refractivity contribution in [1.82, 2.24) is 0 Å². The fourth-order valence-corrected chi connectivity index (χ4v) is 1.94. The Labute approximate surface area is 126 Å². The maximum Gasteiger partial charge on any atom is 0.127 e. The van der Waals surface area contributed by atoms with Crippen molar-refractivity contribution in [3.05, 3.63) is 60.2 Å². The first kappa shape index (κ1) is 15.5. The van der Waals surface area contributed by atoms with Gasteiger partial charge in [-0.3, -0.25) is 0 Å². The Balaban J connectivity index is 1.98. The third kappa shape index (κ3) is 5.21. The zero-order valence-corrected chi connectivity index (χ0v) is 12.6. The van der Waals surface area contributed by atoms with E-state index in [9.17, 15) is 0 Å². The predicted octanol–water partition coefficient (Wildman–Crippen LogP) is 4.16. The van der Waals surface area contributed by atoms with Gasteiger partial charge in [-0.15, -0.1) is 0 Å². The largest absolute Gasteiger partial charge is 0.457 e. The summed E-state index contributed by atoms with van der Waals surface area (Å²) in [5, 5.41) is 9.01. The minimum absolute atomic E-state index is 0.129. The Morgan fingerprint density at radius 1 is 0.952 bits per heavy atom. The Morgan fingerprint density at radius 3 is 2.38 bits per heavy atom. The molecule has 0 amide bonds. The highest BCUT2D eigenvalue weighted by atomic mass is 16.5. The van der Waals surface area contributed by atoms with Crippen molar-refractivity contribution in [3.63, 3.8) is 0 Å². The number of ether oxygens (including phenoxy) is 2. The second kappa shape index (κ2) is 7.25. The highest BCUT2D eigenvalue weighted by Gasteiger charge is 2.17. The van der Waals surface area contributed by atoms with E-state index in [1.165, 1.54) is 0 Å². The minimum atomic E-state index is -0.328. The Bertz CT molecular complexity index is 549. The SMILES string of the molecule is CC(C)(CCO)OCc1cccc(Oc2ccccc2)c1. The van der Waals surface area contributed by atoms with Gasteiger partial charge < -0.3 is 14.6 Å². The number of aliphatic hydroxyl groups excluding tert-OH is 1. The average Bonchev–Trinajstić information content (AvgIpc) is 2.47. The molecule has 0 unspecified atom stereocenters. The van der Waals surface area contributed by atoms with E-state index in [2.05, 4.69) is 0 Å². The molecule has 0 radical (unpaired) electrons. The van der Waals surface area contributed by atoms with Crippen LogP contribution in [0.3, 0.4) is 0 Å². The third-order valence-electron chi connectivity index (χ3n) is 3.22. The molecule has 0 atom stereocenters. The summed E-state index contributed by atoms with van der Waals surface area (Å²) in [6.07, 6.45) is 0.618. The second-order valence-corrected chi connectivity index (χ2v) is 5.58. The van der Waals surface area contributed by atoms with Gasteiger partial charge in [-0.2, -0.15) is 0 Å². The Hall–Kier alpha value is -1.84. The topological polar surface area (TPSA) is 38.7 Å². The lowest BCUT2D eigenvalue weighted by molar-refractivity contribution is -0.0434. The quantitative estimate of drug-likeness (QED) is 0.830. The number of rotatable bonds is 7. The van der Waals surface area contributed by atoms with Gasteiger partial charge in [0.2, 0.25) is 0 Å². The number of benzene rings is 2. The van der Waals surface area contributed by atoms with Crippen molar-refractivity contribution < 1.29 is 14.6 Å². The first-order chi connectivity index (χ1) is 10.1. The second-order valence-electron chi connectivity index (χ2n) is 5.58. The highest BCUT2D eigenvalue weighted by molar-refractivity contribution is 5.33. The number of para-hydroxylation sites is 1. The van der Waals surface area contributed by atoms with E-state index >= 15 is 0 Å². The molecule has 0 aliphatic heterocycles. The molecule has 0 saturated carbocycles. The smallest absolute Gasteiger partial charge is 0.127 e. The fraction of sp³-hybridized carbons (Fsp3) is 0.333.